The lowest BCUT2D eigenvalue weighted by Crippen LogP contribution is -2.06. The maximum absolute atomic E-state index is 11.3. The lowest BCUT2D eigenvalue weighted by Gasteiger charge is -2.05. The standard InChI is InChI=1S/C14H15N5O2/c1-3-12-16-13-9(14(20)21)5-4-6-10(13)19(12)7-11-15-8-18(2)17-11/h4-6,8H,3,7H2,1-2H3,(H,20,21). The Balaban J connectivity index is 2.16. The van der Waals surface area contributed by atoms with Gasteiger partial charge in [0.25, 0.3) is 0 Å². The average Bonchev–Trinajstić information content (AvgIpc) is 3.03. The number of carbonyl (C=O) groups is 1. The van der Waals surface area contributed by atoms with Gasteiger partial charge < -0.3 is 9.67 Å². The molecular weight excluding hydrogens is 270 g/mol. The zero-order chi connectivity index (χ0) is 15.0. The lowest BCUT2D eigenvalue weighted by molar-refractivity contribution is 0.0699. The third kappa shape index (κ3) is 2.26. The maximum atomic E-state index is 11.3. The summed E-state index contributed by atoms with van der Waals surface area (Å²) in [5.41, 5.74) is 1.52. The second-order valence-corrected chi connectivity index (χ2v) is 4.78. The summed E-state index contributed by atoms with van der Waals surface area (Å²) in [5, 5.41) is 13.5. The highest BCUT2D eigenvalue weighted by Gasteiger charge is 2.17. The van der Waals surface area contributed by atoms with Gasteiger partial charge in [-0.2, -0.15) is 5.10 Å². The van der Waals surface area contributed by atoms with Crippen molar-refractivity contribution in [3.63, 3.8) is 0 Å². The molecule has 2 heterocycles. The first-order valence-electron chi connectivity index (χ1n) is 6.66. The summed E-state index contributed by atoms with van der Waals surface area (Å²) in [6.45, 7) is 2.47. The zero-order valence-corrected chi connectivity index (χ0v) is 11.8. The van der Waals surface area contributed by atoms with Gasteiger partial charge in [0.15, 0.2) is 5.82 Å². The van der Waals surface area contributed by atoms with E-state index in [0.717, 1.165) is 11.3 Å². The van der Waals surface area contributed by atoms with Crippen molar-refractivity contribution in [3.05, 3.63) is 41.7 Å². The van der Waals surface area contributed by atoms with Crippen molar-refractivity contribution in [2.24, 2.45) is 7.05 Å². The molecule has 0 unspecified atom stereocenters. The van der Waals surface area contributed by atoms with Gasteiger partial charge in [-0.1, -0.05) is 13.0 Å². The molecule has 0 bridgehead atoms. The van der Waals surface area contributed by atoms with E-state index >= 15 is 0 Å². The van der Waals surface area contributed by atoms with Crippen LogP contribution in [0.1, 0.15) is 28.9 Å². The number of fused-ring (bicyclic) bond motifs is 1. The van der Waals surface area contributed by atoms with Gasteiger partial charge in [-0.3, -0.25) is 4.68 Å². The summed E-state index contributed by atoms with van der Waals surface area (Å²) < 4.78 is 3.61. The summed E-state index contributed by atoms with van der Waals surface area (Å²) >= 11 is 0. The molecule has 21 heavy (non-hydrogen) atoms. The van der Waals surface area contributed by atoms with Crippen LogP contribution in [0.25, 0.3) is 11.0 Å². The van der Waals surface area contributed by atoms with Gasteiger partial charge in [0, 0.05) is 13.5 Å². The molecule has 3 rings (SSSR count). The van der Waals surface area contributed by atoms with Gasteiger partial charge in [0.2, 0.25) is 0 Å². The molecule has 3 aromatic rings. The molecule has 0 aliphatic carbocycles. The quantitative estimate of drug-likeness (QED) is 0.784. The smallest absolute Gasteiger partial charge is 0.337 e. The fraction of sp³-hybridized carbons (Fsp3) is 0.286. The molecule has 0 atom stereocenters. The van der Waals surface area contributed by atoms with Gasteiger partial charge in [-0.25, -0.2) is 14.8 Å². The number of hydrogen-bond acceptors (Lipinski definition) is 4. The summed E-state index contributed by atoms with van der Waals surface area (Å²) in [6, 6.07) is 5.17. The van der Waals surface area contributed by atoms with E-state index in [4.69, 9.17) is 0 Å². The van der Waals surface area contributed by atoms with Crippen molar-refractivity contribution < 1.29 is 9.90 Å². The van der Waals surface area contributed by atoms with E-state index in [1.54, 1.807) is 23.1 Å². The van der Waals surface area contributed by atoms with Gasteiger partial charge in [0.05, 0.1) is 17.6 Å². The SMILES string of the molecule is CCc1nc2c(C(=O)O)cccc2n1Cc1ncn(C)n1. The summed E-state index contributed by atoms with van der Waals surface area (Å²) in [4.78, 5) is 20.0. The molecule has 0 spiro atoms. The number of carboxylic acids is 1. The number of aromatic carboxylic acids is 1. The van der Waals surface area contributed by atoms with E-state index < -0.39 is 5.97 Å². The predicted molar refractivity (Wildman–Crippen MR) is 76.2 cm³/mol. The van der Waals surface area contributed by atoms with Gasteiger partial charge in [-0.15, -0.1) is 0 Å². The fourth-order valence-electron chi connectivity index (χ4n) is 2.41. The Kier molecular flexibility index (Phi) is 3.17. The second-order valence-electron chi connectivity index (χ2n) is 4.78. The number of hydrogen-bond donors (Lipinski definition) is 1. The Hall–Kier alpha value is -2.70. The molecule has 0 aliphatic heterocycles. The summed E-state index contributed by atoms with van der Waals surface area (Å²) in [7, 11) is 1.81. The second kappa shape index (κ2) is 5.01. The normalized spacial score (nSPS) is 11.1. The minimum atomic E-state index is -0.969. The molecule has 0 saturated heterocycles. The number of nitrogens with zero attached hydrogens (tertiary/aromatic N) is 5. The number of aryl methyl sites for hydroxylation is 2. The zero-order valence-electron chi connectivity index (χ0n) is 11.8. The molecule has 1 aromatic carbocycles. The summed E-state index contributed by atoms with van der Waals surface area (Å²) in [6.07, 6.45) is 2.35. The number of benzene rings is 1. The first-order valence-corrected chi connectivity index (χ1v) is 6.66. The van der Waals surface area contributed by atoms with Crippen molar-refractivity contribution in [1.82, 2.24) is 24.3 Å². The molecule has 0 fully saturated rings. The largest absolute Gasteiger partial charge is 0.478 e. The van der Waals surface area contributed by atoms with Crippen molar-refractivity contribution in [1.29, 1.82) is 0 Å². The highest BCUT2D eigenvalue weighted by atomic mass is 16.4. The van der Waals surface area contributed by atoms with Crippen molar-refractivity contribution in [3.8, 4) is 0 Å². The minimum absolute atomic E-state index is 0.218. The van der Waals surface area contributed by atoms with Crippen molar-refractivity contribution in [2.75, 3.05) is 0 Å². The molecule has 0 amide bonds. The summed E-state index contributed by atoms with van der Waals surface area (Å²) in [5.74, 6) is 0.530. The van der Waals surface area contributed by atoms with Gasteiger partial charge in [0.1, 0.15) is 17.7 Å². The van der Waals surface area contributed by atoms with E-state index in [0.29, 0.717) is 24.3 Å². The van der Waals surface area contributed by atoms with E-state index in [2.05, 4.69) is 15.1 Å². The van der Waals surface area contributed by atoms with Crippen LogP contribution in [-0.4, -0.2) is 35.4 Å². The monoisotopic (exact) mass is 285 g/mol. The van der Waals surface area contributed by atoms with E-state index in [1.807, 2.05) is 24.6 Å². The van der Waals surface area contributed by atoms with Crippen LogP contribution in [0.5, 0.6) is 0 Å². The van der Waals surface area contributed by atoms with Crippen LogP contribution in [0.15, 0.2) is 24.5 Å². The topological polar surface area (TPSA) is 85.8 Å². The third-order valence-electron chi connectivity index (χ3n) is 3.35. The minimum Gasteiger partial charge on any atom is -0.478 e. The molecule has 2 aromatic heterocycles. The first-order chi connectivity index (χ1) is 10.1. The first kappa shape index (κ1) is 13.3. The van der Waals surface area contributed by atoms with Crippen LogP contribution in [-0.2, 0) is 20.0 Å². The highest BCUT2D eigenvalue weighted by Crippen LogP contribution is 2.21. The molecule has 0 aliphatic rings. The predicted octanol–water partition coefficient (Wildman–Crippen LogP) is 1.47. The van der Waals surface area contributed by atoms with E-state index in [9.17, 15) is 9.90 Å². The van der Waals surface area contributed by atoms with Crippen LogP contribution >= 0.6 is 0 Å². The van der Waals surface area contributed by atoms with Crippen LogP contribution in [0.3, 0.4) is 0 Å². The van der Waals surface area contributed by atoms with Crippen LogP contribution in [0.2, 0.25) is 0 Å². The number of carboxylic acid groups (broad SMARTS) is 1. The Morgan fingerprint density at radius 2 is 2.19 bits per heavy atom. The van der Waals surface area contributed by atoms with Crippen molar-refractivity contribution >= 4 is 17.0 Å². The van der Waals surface area contributed by atoms with Gasteiger partial charge in [-0.05, 0) is 12.1 Å². The molecule has 0 saturated carbocycles. The van der Waals surface area contributed by atoms with Crippen LogP contribution in [0.4, 0.5) is 0 Å². The molecule has 1 N–H and O–H groups in total. The highest BCUT2D eigenvalue weighted by molar-refractivity contribution is 6.01. The number of imidazole rings is 1. The average molecular weight is 285 g/mol. The lowest BCUT2D eigenvalue weighted by atomic mass is 10.2. The maximum Gasteiger partial charge on any atom is 0.337 e. The number of rotatable bonds is 4. The molecular formula is C14H15N5O2. The molecule has 0 radical (unpaired) electrons. The Morgan fingerprint density at radius 3 is 2.81 bits per heavy atom. The van der Waals surface area contributed by atoms with E-state index in [1.165, 1.54) is 0 Å². The molecule has 7 nitrogen and oxygen atoms in total. The van der Waals surface area contributed by atoms with Crippen molar-refractivity contribution in [2.45, 2.75) is 19.9 Å². The number of aromatic nitrogens is 5. The van der Waals surface area contributed by atoms with E-state index in [-0.39, 0.29) is 5.56 Å². The molecule has 108 valence electrons. The Bertz CT molecular complexity index is 818. The van der Waals surface area contributed by atoms with Crippen LogP contribution in [0, 0.1) is 0 Å². The Labute approximate surface area is 120 Å². The van der Waals surface area contributed by atoms with Crippen LogP contribution < -0.4 is 0 Å². The fourth-order valence-corrected chi connectivity index (χ4v) is 2.41. The third-order valence-corrected chi connectivity index (χ3v) is 3.35. The van der Waals surface area contributed by atoms with Gasteiger partial charge >= 0.3 is 5.97 Å². The molecule has 7 heteroatoms. The number of para-hydroxylation sites is 1. The Morgan fingerprint density at radius 1 is 1.38 bits per heavy atom.